The molecule has 1 heterocycles. The Balaban J connectivity index is 2.60. The van der Waals surface area contributed by atoms with Gasteiger partial charge in [-0.3, -0.25) is 19.3 Å². The van der Waals surface area contributed by atoms with Crippen molar-refractivity contribution < 1.29 is 0 Å². The quantitative estimate of drug-likeness (QED) is 0.424. The second-order valence-corrected chi connectivity index (χ2v) is 5.45. The Kier molecular flexibility index (Phi) is 4.18. The number of anilines is 1. The van der Waals surface area contributed by atoms with Gasteiger partial charge in [-0.25, -0.2) is 4.79 Å². The van der Waals surface area contributed by atoms with E-state index in [1.807, 2.05) is 30.3 Å². The molecule has 0 aliphatic carbocycles. The van der Waals surface area contributed by atoms with Crippen molar-refractivity contribution in [2.75, 3.05) is 5.73 Å². The SMILES string of the molecule is Cn1c(=O)c(SC(=N)N)c(N)n(Cc2ccccc2)c1=O. The second kappa shape index (κ2) is 5.88. The molecule has 0 saturated carbocycles. The van der Waals surface area contributed by atoms with Gasteiger partial charge in [0.1, 0.15) is 10.7 Å². The number of hydrogen-bond donors (Lipinski definition) is 3. The molecule has 0 fully saturated rings. The Morgan fingerprint density at radius 3 is 2.48 bits per heavy atom. The molecular formula is C13H15N5O2S. The predicted molar refractivity (Wildman–Crippen MR) is 83.7 cm³/mol. The number of amidine groups is 1. The van der Waals surface area contributed by atoms with Crippen molar-refractivity contribution in [3.8, 4) is 0 Å². The molecule has 21 heavy (non-hydrogen) atoms. The molecule has 2 rings (SSSR count). The molecule has 0 aliphatic heterocycles. The first-order valence-electron chi connectivity index (χ1n) is 6.07. The lowest BCUT2D eigenvalue weighted by atomic mass is 10.2. The number of thioether (sulfide) groups is 1. The minimum Gasteiger partial charge on any atom is -0.384 e. The molecule has 0 unspecified atom stereocenters. The highest BCUT2D eigenvalue weighted by molar-refractivity contribution is 8.13. The third-order valence-corrected chi connectivity index (χ3v) is 3.74. The van der Waals surface area contributed by atoms with Crippen LogP contribution in [-0.2, 0) is 13.6 Å². The van der Waals surface area contributed by atoms with E-state index < -0.39 is 11.2 Å². The molecule has 0 spiro atoms. The van der Waals surface area contributed by atoms with Gasteiger partial charge < -0.3 is 11.5 Å². The molecule has 2 aromatic rings. The van der Waals surface area contributed by atoms with Gasteiger partial charge in [0.15, 0.2) is 5.17 Å². The fourth-order valence-corrected chi connectivity index (χ4v) is 2.54. The van der Waals surface area contributed by atoms with E-state index in [2.05, 4.69) is 0 Å². The van der Waals surface area contributed by atoms with Gasteiger partial charge in [-0.15, -0.1) is 0 Å². The number of rotatable bonds is 3. The summed E-state index contributed by atoms with van der Waals surface area (Å²) in [6.45, 7) is 0.241. The Morgan fingerprint density at radius 2 is 1.90 bits per heavy atom. The first-order chi connectivity index (χ1) is 9.91. The van der Waals surface area contributed by atoms with E-state index >= 15 is 0 Å². The van der Waals surface area contributed by atoms with Gasteiger partial charge >= 0.3 is 5.69 Å². The normalized spacial score (nSPS) is 10.5. The molecule has 0 amide bonds. The Bertz CT molecular complexity index is 795. The van der Waals surface area contributed by atoms with E-state index in [-0.39, 0.29) is 22.4 Å². The van der Waals surface area contributed by atoms with Crippen LogP contribution in [0.4, 0.5) is 5.82 Å². The summed E-state index contributed by atoms with van der Waals surface area (Å²) >= 11 is 0.742. The van der Waals surface area contributed by atoms with Crippen LogP contribution in [0, 0.1) is 5.41 Å². The third kappa shape index (κ3) is 3.00. The van der Waals surface area contributed by atoms with Crippen molar-refractivity contribution in [2.24, 2.45) is 12.8 Å². The van der Waals surface area contributed by atoms with Gasteiger partial charge in [0.25, 0.3) is 5.56 Å². The van der Waals surface area contributed by atoms with Gasteiger partial charge in [-0.2, -0.15) is 0 Å². The molecule has 7 nitrogen and oxygen atoms in total. The van der Waals surface area contributed by atoms with Crippen LogP contribution in [0.1, 0.15) is 5.56 Å². The average Bonchev–Trinajstić information content (AvgIpc) is 2.47. The number of aromatic nitrogens is 2. The van der Waals surface area contributed by atoms with Crippen molar-refractivity contribution >= 4 is 22.7 Å². The van der Waals surface area contributed by atoms with Crippen molar-refractivity contribution in [1.29, 1.82) is 5.41 Å². The molecule has 0 bridgehead atoms. The van der Waals surface area contributed by atoms with Gasteiger partial charge in [0, 0.05) is 7.05 Å². The Morgan fingerprint density at radius 1 is 1.29 bits per heavy atom. The summed E-state index contributed by atoms with van der Waals surface area (Å²) in [5, 5.41) is 7.03. The summed E-state index contributed by atoms with van der Waals surface area (Å²) < 4.78 is 2.26. The summed E-state index contributed by atoms with van der Waals surface area (Å²) in [5.74, 6) is 0.0205. The van der Waals surface area contributed by atoms with Crippen LogP contribution in [0.25, 0.3) is 0 Å². The molecule has 110 valence electrons. The van der Waals surface area contributed by atoms with Crippen molar-refractivity contribution in [1.82, 2.24) is 9.13 Å². The summed E-state index contributed by atoms with van der Waals surface area (Å²) in [5.41, 5.74) is 11.1. The molecule has 5 N–H and O–H groups in total. The fourth-order valence-electron chi connectivity index (χ4n) is 1.88. The first-order valence-corrected chi connectivity index (χ1v) is 6.88. The number of nitrogens with zero attached hydrogens (tertiary/aromatic N) is 2. The summed E-state index contributed by atoms with van der Waals surface area (Å²) in [4.78, 5) is 24.3. The summed E-state index contributed by atoms with van der Waals surface area (Å²) in [6.07, 6.45) is 0. The Labute approximate surface area is 124 Å². The molecule has 0 atom stereocenters. The largest absolute Gasteiger partial charge is 0.384 e. The van der Waals surface area contributed by atoms with Crippen LogP contribution in [-0.4, -0.2) is 14.3 Å². The molecule has 8 heteroatoms. The van der Waals surface area contributed by atoms with E-state index in [0.717, 1.165) is 21.9 Å². The number of benzene rings is 1. The monoisotopic (exact) mass is 305 g/mol. The maximum absolute atomic E-state index is 12.2. The zero-order valence-corrected chi connectivity index (χ0v) is 12.2. The maximum Gasteiger partial charge on any atom is 0.332 e. The minimum absolute atomic E-state index is 0.0205. The lowest BCUT2D eigenvalue weighted by molar-refractivity contribution is 0.636. The summed E-state index contributed by atoms with van der Waals surface area (Å²) in [7, 11) is 1.37. The minimum atomic E-state index is -0.554. The van der Waals surface area contributed by atoms with Crippen LogP contribution in [0.5, 0.6) is 0 Å². The molecule has 0 saturated heterocycles. The topological polar surface area (TPSA) is 120 Å². The van der Waals surface area contributed by atoms with Crippen LogP contribution >= 0.6 is 11.8 Å². The highest BCUT2D eigenvalue weighted by Crippen LogP contribution is 2.19. The molecular weight excluding hydrogens is 290 g/mol. The smallest absolute Gasteiger partial charge is 0.332 e. The summed E-state index contributed by atoms with van der Waals surface area (Å²) in [6, 6.07) is 9.28. The molecule has 0 aliphatic rings. The van der Waals surface area contributed by atoms with Gasteiger partial charge in [-0.05, 0) is 17.3 Å². The van der Waals surface area contributed by atoms with E-state index in [9.17, 15) is 9.59 Å². The van der Waals surface area contributed by atoms with Crippen molar-refractivity contribution in [2.45, 2.75) is 11.4 Å². The molecule has 0 radical (unpaired) electrons. The van der Waals surface area contributed by atoms with Gasteiger partial charge in [-0.1, -0.05) is 30.3 Å². The lowest BCUT2D eigenvalue weighted by Crippen LogP contribution is -2.40. The Hall–Kier alpha value is -2.48. The van der Waals surface area contributed by atoms with Gasteiger partial charge in [0.05, 0.1) is 6.54 Å². The van der Waals surface area contributed by atoms with Crippen LogP contribution < -0.4 is 22.7 Å². The standard InChI is InChI=1S/C13H15N5O2S/c1-17-11(19)9(21-12(15)16)10(14)18(13(17)20)7-8-5-3-2-4-6-8/h2-6H,7,14H2,1H3,(H3,15,16). The zero-order chi connectivity index (χ0) is 15.6. The first kappa shape index (κ1) is 14.9. The third-order valence-electron chi connectivity index (χ3n) is 2.94. The molecule has 1 aromatic heterocycles. The van der Waals surface area contributed by atoms with E-state index in [4.69, 9.17) is 16.9 Å². The van der Waals surface area contributed by atoms with Crippen LogP contribution in [0.2, 0.25) is 0 Å². The number of nitrogen functional groups attached to an aromatic ring is 1. The van der Waals surface area contributed by atoms with E-state index in [1.165, 1.54) is 11.6 Å². The van der Waals surface area contributed by atoms with Crippen LogP contribution in [0.15, 0.2) is 44.8 Å². The second-order valence-electron chi connectivity index (χ2n) is 4.40. The van der Waals surface area contributed by atoms with Crippen molar-refractivity contribution in [3.63, 3.8) is 0 Å². The maximum atomic E-state index is 12.2. The van der Waals surface area contributed by atoms with Crippen LogP contribution in [0.3, 0.4) is 0 Å². The zero-order valence-electron chi connectivity index (χ0n) is 11.4. The highest BCUT2D eigenvalue weighted by Gasteiger charge is 2.16. The number of nitrogens with one attached hydrogen (secondary N) is 1. The van der Waals surface area contributed by atoms with Crippen molar-refractivity contribution in [3.05, 3.63) is 56.7 Å². The number of hydrogen-bond acceptors (Lipinski definition) is 5. The highest BCUT2D eigenvalue weighted by atomic mass is 32.2. The van der Waals surface area contributed by atoms with E-state index in [1.54, 1.807) is 0 Å². The van der Waals surface area contributed by atoms with E-state index in [0.29, 0.717) is 0 Å². The lowest BCUT2D eigenvalue weighted by Gasteiger charge is -2.14. The predicted octanol–water partition coefficient (Wildman–Crippen LogP) is 0.163. The number of nitrogens with two attached hydrogens (primary N) is 2. The average molecular weight is 305 g/mol. The van der Waals surface area contributed by atoms with Gasteiger partial charge in [0.2, 0.25) is 0 Å². The fraction of sp³-hybridized carbons (Fsp3) is 0.154. The molecule has 1 aromatic carbocycles.